The number of carbonyl (C=O) groups excluding carboxylic acids is 6. The molecule has 2 atom stereocenters. The quantitative estimate of drug-likeness (QED) is 0.115. The Balaban J connectivity index is 5.99. The molecule has 0 aliphatic heterocycles. The predicted octanol–water partition coefficient (Wildman–Crippen LogP) is 0.863. The van der Waals surface area contributed by atoms with Crippen molar-refractivity contribution < 1.29 is 47.7 Å². The lowest BCUT2D eigenvalue weighted by molar-refractivity contribution is -0.139. The van der Waals surface area contributed by atoms with E-state index in [1.165, 1.54) is 27.7 Å². The summed E-state index contributed by atoms with van der Waals surface area (Å²) in [5.74, 6) is -6.67. The molecule has 0 fully saturated rings. The maximum absolute atomic E-state index is 12.3. The van der Waals surface area contributed by atoms with E-state index in [-0.39, 0.29) is 35.7 Å². The van der Waals surface area contributed by atoms with E-state index < -0.39 is 47.3 Å². The minimum Gasteiger partial charge on any atom is -0.466 e. The normalized spacial score (nSPS) is 14.3. The van der Waals surface area contributed by atoms with Crippen LogP contribution in [0.2, 0.25) is 0 Å². The van der Waals surface area contributed by atoms with Crippen LogP contribution in [0.1, 0.15) is 27.7 Å². The van der Waals surface area contributed by atoms with E-state index in [1.54, 1.807) is 0 Å². The molecule has 198 valence electrons. The summed E-state index contributed by atoms with van der Waals surface area (Å²) in [7, 11) is 4.46. The number of hydrogen-bond acceptors (Lipinski definition) is 12. The first-order valence-corrected chi connectivity index (χ1v) is 10.6. The van der Waals surface area contributed by atoms with Crippen molar-refractivity contribution in [3.8, 4) is 0 Å². The van der Waals surface area contributed by atoms with Gasteiger partial charge in [-0.1, -0.05) is 0 Å². The Hall–Kier alpha value is -3.96. The van der Waals surface area contributed by atoms with Gasteiger partial charge in [-0.3, -0.25) is 19.6 Å². The summed E-state index contributed by atoms with van der Waals surface area (Å²) in [4.78, 5) is 80.8. The summed E-state index contributed by atoms with van der Waals surface area (Å²) >= 11 is 0. The van der Waals surface area contributed by atoms with Crippen LogP contribution >= 0.6 is 0 Å². The number of methoxy groups -OCH3 is 4. The maximum atomic E-state index is 12.3. The smallest absolute Gasteiger partial charge is 0.335 e. The van der Waals surface area contributed by atoms with Crippen LogP contribution < -0.4 is 0 Å². The molecule has 2 unspecified atom stereocenters. The second kappa shape index (κ2) is 15.8. The molecule has 0 rings (SSSR count). The van der Waals surface area contributed by atoms with Crippen LogP contribution in [0.15, 0.2) is 33.3 Å². The van der Waals surface area contributed by atoms with Gasteiger partial charge in [-0.15, -0.1) is 0 Å². The van der Waals surface area contributed by atoms with Crippen molar-refractivity contribution in [3.63, 3.8) is 0 Å². The first-order chi connectivity index (χ1) is 16.9. The summed E-state index contributed by atoms with van der Waals surface area (Å²) in [6.07, 6.45) is 1.75. The molecular weight excluding hydrogens is 476 g/mol. The molecule has 0 saturated carbocycles. The number of aliphatic imine (C=N–C) groups is 2. The second-order valence-corrected chi connectivity index (χ2v) is 7.36. The summed E-state index contributed by atoms with van der Waals surface area (Å²) in [5, 5.41) is 0. The highest BCUT2D eigenvalue weighted by Gasteiger charge is 2.30. The van der Waals surface area contributed by atoms with Gasteiger partial charge in [0, 0.05) is 23.6 Å². The molecule has 0 aliphatic rings. The number of hydrogen-bond donors (Lipinski definition) is 0. The van der Waals surface area contributed by atoms with Crippen LogP contribution in [0.3, 0.4) is 0 Å². The van der Waals surface area contributed by atoms with E-state index in [1.807, 2.05) is 0 Å². The molecule has 0 spiro atoms. The molecule has 0 N–H and O–H groups in total. The van der Waals surface area contributed by atoms with Crippen molar-refractivity contribution in [3.05, 3.63) is 23.3 Å². The van der Waals surface area contributed by atoms with Crippen molar-refractivity contribution in [2.75, 3.05) is 41.5 Å². The van der Waals surface area contributed by atoms with Gasteiger partial charge in [0.25, 0.3) is 0 Å². The van der Waals surface area contributed by atoms with E-state index >= 15 is 0 Å². The second-order valence-electron chi connectivity index (χ2n) is 7.36. The molecule has 0 amide bonds. The van der Waals surface area contributed by atoms with Crippen LogP contribution in [0.25, 0.3) is 0 Å². The molecule has 12 nitrogen and oxygen atoms in total. The van der Waals surface area contributed by atoms with Crippen molar-refractivity contribution in [1.82, 2.24) is 0 Å². The zero-order valence-corrected chi connectivity index (χ0v) is 21.7. The van der Waals surface area contributed by atoms with E-state index in [2.05, 4.69) is 28.9 Å². The molecule has 0 aromatic carbocycles. The van der Waals surface area contributed by atoms with Gasteiger partial charge in [0.2, 0.25) is 0 Å². The first kappa shape index (κ1) is 32.0. The third kappa shape index (κ3) is 9.72. The Morgan fingerprint density at radius 1 is 0.583 bits per heavy atom. The molecule has 0 heterocycles. The Kier molecular flexibility index (Phi) is 14.1. The lowest BCUT2D eigenvalue weighted by atomic mass is 9.90. The molecule has 0 bridgehead atoms. The monoisotopic (exact) mass is 508 g/mol. The highest BCUT2D eigenvalue weighted by atomic mass is 16.5. The molecule has 0 radical (unpaired) electrons. The highest BCUT2D eigenvalue weighted by Crippen LogP contribution is 2.19. The number of nitrogens with zero attached hydrogens (tertiary/aromatic N) is 2. The van der Waals surface area contributed by atoms with Crippen LogP contribution in [-0.4, -0.2) is 88.4 Å². The van der Waals surface area contributed by atoms with Crippen LogP contribution in [0.4, 0.5) is 0 Å². The summed E-state index contributed by atoms with van der Waals surface area (Å²) in [6, 6.07) is 0. The molecule has 36 heavy (non-hydrogen) atoms. The molecular formula is C24H32N2O10. The number of ether oxygens (including phenoxy) is 4. The van der Waals surface area contributed by atoms with Gasteiger partial charge in [-0.05, 0) is 27.7 Å². The van der Waals surface area contributed by atoms with Gasteiger partial charge in [-0.25, -0.2) is 19.2 Å². The Morgan fingerprint density at radius 3 is 1.11 bits per heavy atom. The van der Waals surface area contributed by atoms with Crippen LogP contribution in [0.5, 0.6) is 0 Å². The largest absolute Gasteiger partial charge is 0.466 e. The number of esters is 4. The van der Waals surface area contributed by atoms with Gasteiger partial charge in [0.05, 0.1) is 64.5 Å². The van der Waals surface area contributed by atoms with Crippen molar-refractivity contribution in [2.45, 2.75) is 27.7 Å². The third-order valence-corrected chi connectivity index (χ3v) is 4.88. The molecule has 0 aromatic heterocycles. The number of rotatable bonds is 13. The Morgan fingerprint density at radius 2 is 0.889 bits per heavy atom. The summed E-state index contributed by atoms with van der Waals surface area (Å²) in [6.45, 7) is 5.56. The van der Waals surface area contributed by atoms with Gasteiger partial charge < -0.3 is 18.9 Å². The predicted molar refractivity (Wildman–Crippen MR) is 129 cm³/mol. The number of Topliss-reactive ketones (excluding diaryl/α,β-unsaturated/α-hetero) is 2. The molecule has 0 saturated heterocycles. The van der Waals surface area contributed by atoms with Crippen molar-refractivity contribution >= 4 is 46.9 Å². The standard InChI is InChI=1S/C24H32N2O10/c1-13(21(15(3)27)17(23(31)35-7)11-19(29)33-5)25-9-10-26-14(2)22(16(4)28)18(24(32)36-8)12-20(30)34-6/h11-12,21-22H,9-10H2,1-8H3/b17-11-,18-12-,25-13?,26-14?. The number of ketones is 2. The fraction of sp³-hybridized carbons (Fsp3) is 0.500. The van der Waals surface area contributed by atoms with Crippen molar-refractivity contribution in [1.29, 1.82) is 0 Å². The molecule has 0 aliphatic carbocycles. The van der Waals surface area contributed by atoms with E-state index in [9.17, 15) is 28.8 Å². The van der Waals surface area contributed by atoms with Gasteiger partial charge in [0.15, 0.2) is 0 Å². The topological polar surface area (TPSA) is 164 Å². The van der Waals surface area contributed by atoms with E-state index in [0.29, 0.717) is 0 Å². The Labute approximate surface area is 209 Å². The first-order valence-electron chi connectivity index (χ1n) is 10.6. The SMILES string of the molecule is COC(=O)/C=C(\C(=O)OC)C(C(C)=O)C(C)=NCCN=C(C)C(C(C)=O)/C(=C/C(=O)OC)C(=O)OC. The minimum absolute atomic E-state index is 0.0402. The van der Waals surface area contributed by atoms with Crippen molar-refractivity contribution in [2.24, 2.45) is 21.8 Å². The average molecular weight is 509 g/mol. The van der Waals surface area contributed by atoms with E-state index in [0.717, 1.165) is 40.6 Å². The third-order valence-electron chi connectivity index (χ3n) is 4.88. The average Bonchev–Trinajstić information content (AvgIpc) is 2.83. The Bertz CT molecular complexity index is 924. The zero-order chi connectivity index (χ0) is 28.0. The zero-order valence-electron chi connectivity index (χ0n) is 21.7. The summed E-state index contributed by atoms with van der Waals surface area (Å²) < 4.78 is 18.4. The molecule has 0 aromatic rings. The lowest BCUT2D eigenvalue weighted by Gasteiger charge is -2.17. The lowest BCUT2D eigenvalue weighted by Crippen LogP contribution is -2.29. The molecule has 12 heteroatoms. The van der Waals surface area contributed by atoms with Gasteiger partial charge in [0.1, 0.15) is 11.6 Å². The highest BCUT2D eigenvalue weighted by molar-refractivity contribution is 6.15. The van der Waals surface area contributed by atoms with Crippen LogP contribution in [0, 0.1) is 11.8 Å². The summed E-state index contributed by atoms with van der Waals surface area (Å²) in [5.41, 5.74) is -0.0186. The van der Waals surface area contributed by atoms with Gasteiger partial charge in [-0.2, -0.15) is 0 Å². The fourth-order valence-electron chi connectivity index (χ4n) is 3.24. The minimum atomic E-state index is -1.15. The fourth-order valence-corrected chi connectivity index (χ4v) is 3.24. The number of carbonyl (C=O) groups is 6. The van der Waals surface area contributed by atoms with Gasteiger partial charge >= 0.3 is 23.9 Å². The maximum Gasteiger partial charge on any atom is 0.335 e. The van der Waals surface area contributed by atoms with E-state index in [4.69, 9.17) is 0 Å². The van der Waals surface area contributed by atoms with Crippen LogP contribution in [-0.2, 0) is 47.7 Å².